The van der Waals surface area contributed by atoms with Crippen molar-refractivity contribution >= 4 is 5.69 Å². The minimum absolute atomic E-state index is 0.354. The van der Waals surface area contributed by atoms with Gasteiger partial charge in [0.2, 0.25) is 0 Å². The first-order valence-electron chi connectivity index (χ1n) is 7.13. The third-order valence-corrected chi connectivity index (χ3v) is 4.07. The molecule has 0 aliphatic heterocycles. The first-order chi connectivity index (χ1) is 9.78. The Kier molecular flexibility index (Phi) is 3.43. The summed E-state index contributed by atoms with van der Waals surface area (Å²) in [6, 6.07) is 17.1. The van der Waals surface area contributed by atoms with E-state index in [1.807, 2.05) is 18.2 Å². The van der Waals surface area contributed by atoms with E-state index in [0.29, 0.717) is 11.6 Å². The lowest BCUT2D eigenvalue weighted by molar-refractivity contribution is 0.600. The van der Waals surface area contributed by atoms with Crippen LogP contribution in [0.4, 0.5) is 5.69 Å². The van der Waals surface area contributed by atoms with Crippen molar-refractivity contribution in [1.29, 1.82) is 5.26 Å². The normalized spacial score (nSPS) is 17.1. The highest BCUT2D eigenvalue weighted by Gasteiger charge is 2.19. The van der Waals surface area contributed by atoms with Gasteiger partial charge in [-0.15, -0.1) is 0 Å². The molecular weight excluding hydrogens is 244 g/mol. The molecule has 1 unspecified atom stereocenters. The Labute approximate surface area is 120 Å². The molecule has 0 bridgehead atoms. The van der Waals surface area contributed by atoms with Crippen LogP contribution in [0.15, 0.2) is 42.5 Å². The molecule has 2 aromatic rings. The van der Waals surface area contributed by atoms with Gasteiger partial charge in [0.1, 0.15) is 0 Å². The van der Waals surface area contributed by atoms with Gasteiger partial charge in [0.15, 0.2) is 0 Å². The van der Waals surface area contributed by atoms with Crippen LogP contribution in [0.5, 0.6) is 0 Å². The van der Waals surface area contributed by atoms with Gasteiger partial charge in [-0.25, -0.2) is 0 Å². The van der Waals surface area contributed by atoms with Gasteiger partial charge in [-0.2, -0.15) is 5.26 Å². The third-order valence-electron chi connectivity index (χ3n) is 4.07. The molecule has 20 heavy (non-hydrogen) atoms. The SMILES string of the molecule is Cc1ccc(C#N)cc1NC1CCCc2ccccc21. The fourth-order valence-corrected chi connectivity index (χ4v) is 2.94. The van der Waals surface area contributed by atoms with Gasteiger partial charge < -0.3 is 5.32 Å². The maximum atomic E-state index is 9.04. The molecular formula is C18H18N2. The zero-order valence-electron chi connectivity index (χ0n) is 11.7. The lowest BCUT2D eigenvalue weighted by Crippen LogP contribution is -2.17. The molecule has 0 amide bonds. The summed E-state index contributed by atoms with van der Waals surface area (Å²) >= 11 is 0. The van der Waals surface area contributed by atoms with Gasteiger partial charge in [-0.05, 0) is 55.0 Å². The molecule has 0 fully saturated rings. The van der Waals surface area contributed by atoms with Crippen molar-refractivity contribution in [3.05, 3.63) is 64.7 Å². The van der Waals surface area contributed by atoms with E-state index in [9.17, 15) is 0 Å². The van der Waals surface area contributed by atoms with Crippen LogP contribution in [0.2, 0.25) is 0 Å². The molecule has 0 radical (unpaired) electrons. The summed E-state index contributed by atoms with van der Waals surface area (Å²) in [5, 5.41) is 12.7. The van der Waals surface area contributed by atoms with E-state index in [0.717, 1.165) is 12.1 Å². The predicted octanol–water partition coefficient (Wildman–Crippen LogP) is 4.36. The topological polar surface area (TPSA) is 35.8 Å². The highest BCUT2D eigenvalue weighted by atomic mass is 14.9. The van der Waals surface area contributed by atoms with E-state index < -0.39 is 0 Å². The average Bonchev–Trinajstić information content (AvgIpc) is 2.50. The van der Waals surface area contributed by atoms with Crippen LogP contribution in [-0.4, -0.2) is 0 Å². The maximum absolute atomic E-state index is 9.04. The Morgan fingerprint density at radius 3 is 2.90 bits per heavy atom. The fourth-order valence-electron chi connectivity index (χ4n) is 2.94. The van der Waals surface area contributed by atoms with E-state index in [1.54, 1.807) is 0 Å². The van der Waals surface area contributed by atoms with Gasteiger partial charge in [0, 0.05) is 5.69 Å². The molecule has 3 rings (SSSR count). The second-order valence-corrected chi connectivity index (χ2v) is 5.43. The Balaban J connectivity index is 1.91. The van der Waals surface area contributed by atoms with Crippen molar-refractivity contribution in [2.45, 2.75) is 32.2 Å². The summed E-state index contributed by atoms with van der Waals surface area (Å²) in [6.07, 6.45) is 3.53. The van der Waals surface area contributed by atoms with Gasteiger partial charge in [-0.1, -0.05) is 30.3 Å². The number of nitrogens with one attached hydrogen (secondary N) is 1. The first-order valence-corrected chi connectivity index (χ1v) is 7.13. The monoisotopic (exact) mass is 262 g/mol. The molecule has 1 aliphatic rings. The summed E-state index contributed by atoms with van der Waals surface area (Å²) in [5.41, 5.74) is 5.82. The second kappa shape index (κ2) is 5.38. The Morgan fingerprint density at radius 2 is 2.05 bits per heavy atom. The number of aryl methyl sites for hydroxylation is 2. The van der Waals surface area contributed by atoms with Crippen molar-refractivity contribution in [2.75, 3.05) is 5.32 Å². The molecule has 1 N–H and O–H groups in total. The molecule has 0 heterocycles. The summed E-state index contributed by atoms with van der Waals surface area (Å²) in [6.45, 7) is 2.08. The van der Waals surface area contributed by atoms with Crippen LogP contribution in [0, 0.1) is 18.3 Å². The number of fused-ring (bicyclic) bond motifs is 1. The molecule has 2 aromatic carbocycles. The van der Waals surface area contributed by atoms with Crippen LogP contribution >= 0.6 is 0 Å². The number of anilines is 1. The van der Waals surface area contributed by atoms with E-state index in [4.69, 9.17) is 5.26 Å². The minimum Gasteiger partial charge on any atom is -0.378 e. The summed E-state index contributed by atoms with van der Waals surface area (Å²) in [4.78, 5) is 0. The fraction of sp³-hybridized carbons (Fsp3) is 0.278. The van der Waals surface area contributed by atoms with E-state index in [1.165, 1.54) is 29.5 Å². The highest BCUT2D eigenvalue weighted by Crippen LogP contribution is 2.33. The summed E-state index contributed by atoms with van der Waals surface area (Å²) in [7, 11) is 0. The number of rotatable bonds is 2. The quantitative estimate of drug-likeness (QED) is 0.873. The van der Waals surface area contributed by atoms with Gasteiger partial charge >= 0.3 is 0 Å². The molecule has 0 saturated heterocycles. The van der Waals surface area contributed by atoms with Crippen LogP contribution in [-0.2, 0) is 6.42 Å². The molecule has 100 valence electrons. The first kappa shape index (κ1) is 12.7. The van der Waals surface area contributed by atoms with E-state index in [-0.39, 0.29) is 0 Å². The van der Waals surface area contributed by atoms with Gasteiger partial charge in [0.25, 0.3) is 0 Å². The molecule has 0 aromatic heterocycles. The van der Waals surface area contributed by atoms with Crippen molar-refractivity contribution in [3.63, 3.8) is 0 Å². The molecule has 0 spiro atoms. The number of nitriles is 1. The lowest BCUT2D eigenvalue weighted by Gasteiger charge is -2.28. The third kappa shape index (κ3) is 2.40. The molecule has 1 atom stereocenters. The van der Waals surface area contributed by atoms with Crippen molar-refractivity contribution in [2.24, 2.45) is 0 Å². The van der Waals surface area contributed by atoms with Crippen LogP contribution in [0.1, 0.15) is 41.1 Å². The molecule has 2 heteroatoms. The highest BCUT2D eigenvalue weighted by molar-refractivity contribution is 5.57. The minimum atomic E-state index is 0.354. The number of hydrogen-bond donors (Lipinski definition) is 1. The Morgan fingerprint density at radius 1 is 1.20 bits per heavy atom. The van der Waals surface area contributed by atoms with Crippen LogP contribution < -0.4 is 5.32 Å². The van der Waals surface area contributed by atoms with Crippen LogP contribution in [0.3, 0.4) is 0 Å². The average molecular weight is 262 g/mol. The van der Waals surface area contributed by atoms with Gasteiger partial charge in [-0.3, -0.25) is 0 Å². The number of nitrogens with zero attached hydrogens (tertiary/aromatic N) is 1. The zero-order chi connectivity index (χ0) is 13.9. The Hall–Kier alpha value is -2.27. The standard InChI is InChI=1S/C18H18N2/c1-13-9-10-14(12-19)11-18(13)20-17-8-4-6-15-5-2-3-7-16(15)17/h2-3,5,7,9-11,17,20H,4,6,8H2,1H3. The summed E-state index contributed by atoms with van der Waals surface area (Å²) < 4.78 is 0. The maximum Gasteiger partial charge on any atom is 0.0992 e. The molecule has 0 saturated carbocycles. The van der Waals surface area contributed by atoms with Gasteiger partial charge in [0.05, 0.1) is 17.7 Å². The molecule has 1 aliphatic carbocycles. The smallest absolute Gasteiger partial charge is 0.0992 e. The number of benzene rings is 2. The lowest BCUT2D eigenvalue weighted by atomic mass is 9.87. The van der Waals surface area contributed by atoms with E-state index >= 15 is 0 Å². The van der Waals surface area contributed by atoms with E-state index in [2.05, 4.69) is 42.6 Å². The second-order valence-electron chi connectivity index (χ2n) is 5.43. The van der Waals surface area contributed by atoms with Crippen molar-refractivity contribution in [3.8, 4) is 6.07 Å². The largest absolute Gasteiger partial charge is 0.378 e. The number of hydrogen-bond acceptors (Lipinski definition) is 2. The zero-order valence-corrected chi connectivity index (χ0v) is 11.7. The van der Waals surface area contributed by atoms with Crippen molar-refractivity contribution < 1.29 is 0 Å². The molecule has 2 nitrogen and oxygen atoms in total. The predicted molar refractivity (Wildman–Crippen MR) is 81.6 cm³/mol. The van der Waals surface area contributed by atoms with Crippen molar-refractivity contribution in [1.82, 2.24) is 0 Å². The Bertz CT molecular complexity index is 667. The van der Waals surface area contributed by atoms with Crippen LogP contribution in [0.25, 0.3) is 0 Å². The summed E-state index contributed by atoms with van der Waals surface area (Å²) in [5.74, 6) is 0.